The van der Waals surface area contributed by atoms with Gasteiger partial charge in [-0.1, -0.05) is 12.5 Å². The highest BCUT2D eigenvalue weighted by atomic mass is 32.2. The molecule has 0 saturated carbocycles. The lowest BCUT2D eigenvalue weighted by molar-refractivity contribution is 0.165. The number of sulfonamides is 1. The summed E-state index contributed by atoms with van der Waals surface area (Å²) in [6, 6.07) is 11.0. The number of hydrogen-bond donors (Lipinski definition) is 0. The number of pyridine rings is 1. The van der Waals surface area contributed by atoms with E-state index in [0.717, 1.165) is 64.1 Å². The number of hydrogen-bond acceptors (Lipinski definition) is 9. The van der Waals surface area contributed by atoms with Crippen molar-refractivity contribution in [3.8, 4) is 11.6 Å². The average Bonchev–Trinajstić information content (AvgIpc) is 3.22. The number of ether oxygens (including phenoxy) is 2. The van der Waals surface area contributed by atoms with Crippen LogP contribution in [0.15, 0.2) is 53.7 Å². The minimum absolute atomic E-state index is 0.238. The zero-order valence-corrected chi connectivity index (χ0v) is 25.0. The SMILES string of the molecule is COc1cc(C)c(S(=O)(=O)N2CCCCC2COc2ccnc(N3CCCN(Cc4ccccn4)CC3)n2)c(C)c1. The molecule has 4 heterocycles. The van der Waals surface area contributed by atoms with Crippen molar-refractivity contribution in [3.63, 3.8) is 0 Å². The third kappa shape index (κ3) is 6.97. The Kier molecular flexibility index (Phi) is 9.36. The Balaban J connectivity index is 1.24. The third-order valence-corrected chi connectivity index (χ3v) is 10.1. The summed E-state index contributed by atoms with van der Waals surface area (Å²) in [7, 11) is -2.12. The Labute approximate surface area is 243 Å². The highest BCUT2D eigenvalue weighted by Gasteiger charge is 2.36. The largest absolute Gasteiger partial charge is 0.497 e. The predicted molar refractivity (Wildman–Crippen MR) is 158 cm³/mol. The molecule has 1 aromatic carbocycles. The van der Waals surface area contributed by atoms with Crippen molar-refractivity contribution in [2.45, 2.75) is 57.0 Å². The van der Waals surface area contributed by atoms with E-state index in [4.69, 9.17) is 14.5 Å². The van der Waals surface area contributed by atoms with Gasteiger partial charge >= 0.3 is 0 Å². The molecule has 0 aliphatic carbocycles. The van der Waals surface area contributed by atoms with Gasteiger partial charge in [-0.2, -0.15) is 9.29 Å². The van der Waals surface area contributed by atoms with Crippen LogP contribution in [0.2, 0.25) is 0 Å². The van der Waals surface area contributed by atoms with Gasteiger partial charge in [0.2, 0.25) is 21.9 Å². The topological polar surface area (TPSA) is 101 Å². The molecule has 11 heteroatoms. The maximum atomic E-state index is 13.9. The molecular weight excluding hydrogens is 540 g/mol. The molecule has 2 aliphatic rings. The lowest BCUT2D eigenvalue weighted by Gasteiger charge is -2.35. The number of piperidine rings is 1. The van der Waals surface area contributed by atoms with Gasteiger partial charge in [-0.05, 0) is 68.5 Å². The van der Waals surface area contributed by atoms with Crippen molar-refractivity contribution in [2.24, 2.45) is 0 Å². The van der Waals surface area contributed by atoms with Crippen LogP contribution in [0.5, 0.6) is 11.6 Å². The molecule has 2 fully saturated rings. The molecule has 10 nitrogen and oxygen atoms in total. The van der Waals surface area contributed by atoms with Gasteiger partial charge in [0.05, 0.1) is 23.7 Å². The fourth-order valence-corrected chi connectivity index (χ4v) is 7.90. The molecule has 1 unspecified atom stereocenters. The Morgan fingerprint density at radius 1 is 0.927 bits per heavy atom. The summed E-state index contributed by atoms with van der Waals surface area (Å²) in [5, 5.41) is 0. The van der Waals surface area contributed by atoms with Crippen LogP contribution < -0.4 is 14.4 Å². The van der Waals surface area contributed by atoms with Crippen LogP contribution in [-0.4, -0.2) is 85.1 Å². The second-order valence-electron chi connectivity index (χ2n) is 10.8. The van der Waals surface area contributed by atoms with Crippen molar-refractivity contribution in [1.82, 2.24) is 24.2 Å². The third-order valence-electron chi connectivity index (χ3n) is 7.83. The molecule has 2 aliphatic heterocycles. The molecule has 3 aromatic rings. The van der Waals surface area contributed by atoms with E-state index in [2.05, 4.69) is 25.8 Å². The predicted octanol–water partition coefficient (Wildman–Crippen LogP) is 3.83. The molecule has 0 N–H and O–H groups in total. The van der Waals surface area contributed by atoms with E-state index >= 15 is 0 Å². The van der Waals surface area contributed by atoms with Crippen molar-refractivity contribution in [3.05, 3.63) is 65.6 Å². The lowest BCUT2D eigenvalue weighted by Crippen LogP contribution is -2.47. The first kappa shape index (κ1) is 29.2. The highest BCUT2D eigenvalue weighted by Crippen LogP contribution is 2.32. The molecule has 1 atom stereocenters. The van der Waals surface area contributed by atoms with Gasteiger partial charge in [0.25, 0.3) is 0 Å². The first-order valence-electron chi connectivity index (χ1n) is 14.4. The quantitative estimate of drug-likeness (QED) is 0.374. The van der Waals surface area contributed by atoms with Crippen LogP contribution in [-0.2, 0) is 16.6 Å². The van der Waals surface area contributed by atoms with Crippen LogP contribution >= 0.6 is 0 Å². The summed E-state index contributed by atoms with van der Waals surface area (Å²) in [4.78, 5) is 18.6. The van der Waals surface area contributed by atoms with Crippen molar-refractivity contribution in [1.29, 1.82) is 0 Å². The van der Waals surface area contributed by atoms with Gasteiger partial charge in [0.1, 0.15) is 12.4 Å². The molecule has 2 saturated heterocycles. The summed E-state index contributed by atoms with van der Waals surface area (Å²) in [6.07, 6.45) is 7.08. The number of methoxy groups -OCH3 is 1. The average molecular weight is 581 g/mol. The minimum Gasteiger partial charge on any atom is -0.497 e. The number of anilines is 1. The van der Waals surface area contributed by atoms with Crippen molar-refractivity contribution < 1.29 is 17.9 Å². The van der Waals surface area contributed by atoms with E-state index in [1.807, 2.05) is 32.2 Å². The maximum Gasteiger partial charge on any atom is 0.243 e. The molecule has 2 aromatic heterocycles. The Bertz CT molecular complexity index is 1400. The molecule has 220 valence electrons. The number of rotatable bonds is 9. The molecule has 0 spiro atoms. The van der Waals surface area contributed by atoms with Crippen LogP contribution in [0.4, 0.5) is 5.95 Å². The van der Waals surface area contributed by atoms with Gasteiger partial charge in [0.15, 0.2) is 0 Å². The molecule has 0 radical (unpaired) electrons. The van der Waals surface area contributed by atoms with E-state index in [1.165, 1.54) is 0 Å². The Hall–Kier alpha value is -3.28. The summed E-state index contributed by atoms with van der Waals surface area (Å²) in [5.41, 5.74) is 2.44. The Morgan fingerprint density at radius 2 is 1.76 bits per heavy atom. The summed E-state index contributed by atoms with van der Waals surface area (Å²) in [6.45, 7) is 8.73. The van der Waals surface area contributed by atoms with Gasteiger partial charge in [-0.15, -0.1) is 0 Å². The fourth-order valence-electron chi connectivity index (χ4n) is 5.81. The van der Waals surface area contributed by atoms with E-state index in [1.54, 1.807) is 35.8 Å². The first-order chi connectivity index (χ1) is 19.8. The first-order valence-corrected chi connectivity index (χ1v) is 15.8. The molecular formula is C30H40N6O4S. The number of nitrogens with zero attached hydrogens (tertiary/aromatic N) is 6. The summed E-state index contributed by atoms with van der Waals surface area (Å²) < 4.78 is 40.8. The van der Waals surface area contributed by atoms with Gasteiger partial charge < -0.3 is 14.4 Å². The van der Waals surface area contributed by atoms with E-state index in [0.29, 0.717) is 40.1 Å². The second kappa shape index (κ2) is 13.1. The highest BCUT2D eigenvalue weighted by molar-refractivity contribution is 7.89. The van der Waals surface area contributed by atoms with Gasteiger partial charge in [0, 0.05) is 57.7 Å². The maximum absolute atomic E-state index is 13.9. The number of benzene rings is 1. The van der Waals surface area contributed by atoms with Gasteiger partial charge in [-0.25, -0.2) is 13.4 Å². The van der Waals surface area contributed by atoms with Crippen LogP contribution in [0.1, 0.15) is 42.5 Å². The van der Waals surface area contributed by atoms with Crippen LogP contribution in [0, 0.1) is 13.8 Å². The molecule has 0 amide bonds. The lowest BCUT2D eigenvalue weighted by atomic mass is 10.1. The zero-order chi connectivity index (χ0) is 28.8. The van der Waals surface area contributed by atoms with E-state index in [9.17, 15) is 8.42 Å². The smallest absolute Gasteiger partial charge is 0.243 e. The molecule has 5 rings (SSSR count). The Morgan fingerprint density at radius 3 is 2.51 bits per heavy atom. The number of aromatic nitrogens is 3. The van der Waals surface area contributed by atoms with Crippen LogP contribution in [0.3, 0.4) is 0 Å². The summed E-state index contributed by atoms with van der Waals surface area (Å²) in [5.74, 6) is 1.76. The van der Waals surface area contributed by atoms with E-state index in [-0.39, 0.29) is 12.6 Å². The number of aryl methyl sites for hydroxylation is 2. The summed E-state index contributed by atoms with van der Waals surface area (Å²) >= 11 is 0. The zero-order valence-electron chi connectivity index (χ0n) is 24.2. The standard InChI is InChI=1S/C30H40N6O4S/c1-23-19-27(39-3)20-24(2)29(23)41(37,38)36-16-7-5-10-26(36)22-40-28-11-13-32-30(33-28)35-15-8-14-34(17-18-35)21-25-9-4-6-12-31-25/h4,6,9,11-13,19-20,26H,5,7-8,10,14-18,21-22H2,1-3H3. The second-order valence-corrected chi connectivity index (χ2v) is 12.6. The van der Waals surface area contributed by atoms with E-state index < -0.39 is 10.0 Å². The monoisotopic (exact) mass is 580 g/mol. The van der Waals surface area contributed by atoms with Gasteiger partial charge in [-0.3, -0.25) is 9.88 Å². The molecule has 0 bridgehead atoms. The minimum atomic E-state index is -3.71. The van der Waals surface area contributed by atoms with Crippen LogP contribution in [0.25, 0.3) is 0 Å². The van der Waals surface area contributed by atoms with Crippen molar-refractivity contribution >= 4 is 16.0 Å². The van der Waals surface area contributed by atoms with Crippen molar-refractivity contribution in [2.75, 3.05) is 51.3 Å². The molecule has 41 heavy (non-hydrogen) atoms. The fraction of sp³-hybridized carbons (Fsp3) is 0.500. The normalized spacial score (nSPS) is 19.1.